The van der Waals surface area contributed by atoms with Gasteiger partial charge in [-0.05, 0) is 98.1 Å². The van der Waals surface area contributed by atoms with Crippen LogP contribution >= 0.6 is 0 Å². The van der Waals surface area contributed by atoms with Gasteiger partial charge < -0.3 is 35.1 Å². The van der Waals surface area contributed by atoms with Crippen molar-refractivity contribution in [1.29, 1.82) is 0 Å². The van der Waals surface area contributed by atoms with Crippen molar-refractivity contribution in [2.75, 3.05) is 6.54 Å². The second-order valence-corrected chi connectivity index (χ2v) is 22.0. The molecule has 3 aliphatic heterocycles. The van der Waals surface area contributed by atoms with Gasteiger partial charge >= 0.3 is 18.2 Å². The first kappa shape index (κ1) is 50.1. The van der Waals surface area contributed by atoms with Gasteiger partial charge in [0.1, 0.15) is 46.8 Å². The molecule has 364 valence electrons. The molecule has 1 aromatic rings. The first-order chi connectivity index (χ1) is 30.9. The van der Waals surface area contributed by atoms with Crippen molar-refractivity contribution < 1.29 is 60.6 Å². The van der Waals surface area contributed by atoms with E-state index in [4.69, 9.17) is 14.2 Å². The summed E-state index contributed by atoms with van der Waals surface area (Å²) in [5, 5.41) is 7.38. The number of ether oxygens (including phenoxy) is 3. The van der Waals surface area contributed by atoms with Gasteiger partial charge in [-0.2, -0.15) is 0 Å². The average Bonchev–Trinajstić information content (AvgIpc) is 4.10. The highest BCUT2D eigenvalue weighted by Crippen LogP contribution is 2.46. The first-order valence-corrected chi connectivity index (χ1v) is 24.6. The van der Waals surface area contributed by atoms with Gasteiger partial charge in [0.25, 0.3) is 5.91 Å². The number of carbonyl (C=O) groups excluding carboxylic acids is 7. The number of alkyl carbamates (subject to hydrolysis) is 1. The maximum Gasteiger partial charge on any atom is 0.410 e. The van der Waals surface area contributed by atoms with E-state index in [1.807, 2.05) is 6.08 Å². The van der Waals surface area contributed by atoms with E-state index in [2.05, 4.69) is 20.7 Å². The SMILES string of the molecule is CC(C)(C)OC(=O)CC[C@@H](NC(=O)OC(C)(C)C)C(=O)N[C@H]1CCCCCCC/C=C\[C@@H]2C[C@@]2(C(=O)NS(=O)(=O)C2CC2)NC(=O)[C@@H]2C[C@@H](OC(=O)N3Cc4cccc(F)c4C3)CN2C1=O. The van der Waals surface area contributed by atoms with E-state index < -0.39 is 110 Å². The molecule has 2 saturated carbocycles. The summed E-state index contributed by atoms with van der Waals surface area (Å²) in [6.07, 6.45) is 5.49. The van der Waals surface area contributed by atoms with Crippen LogP contribution in [0.3, 0.4) is 0 Å². The molecule has 0 bridgehead atoms. The van der Waals surface area contributed by atoms with E-state index in [1.54, 1.807) is 59.8 Å². The average molecular weight is 945 g/mol. The predicted octanol–water partition coefficient (Wildman–Crippen LogP) is 4.53. The van der Waals surface area contributed by atoms with Crippen molar-refractivity contribution in [3.05, 3.63) is 47.3 Å². The zero-order valence-electron chi connectivity index (χ0n) is 38.7. The number of benzene rings is 1. The van der Waals surface area contributed by atoms with Crippen molar-refractivity contribution in [1.82, 2.24) is 30.5 Å². The van der Waals surface area contributed by atoms with E-state index in [-0.39, 0.29) is 51.7 Å². The van der Waals surface area contributed by atoms with E-state index in [0.29, 0.717) is 43.2 Å². The van der Waals surface area contributed by atoms with Gasteiger partial charge in [0.2, 0.25) is 27.7 Å². The second kappa shape index (κ2) is 20.3. The normalized spacial score (nSPS) is 26.0. The molecule has 0 radical (unpaired) electrons. The fourth-order valence-electron chi connectivity index (χ4n) is 8.57. The molecule has 3 fully saturated rings. The van der Waals surface area contributed by atoms with Crippen LogP contribution in [0, 0.1) is 11.7 Å². The minimum atomic E-state index is -4.00. The number of hydrogen-bond donors (Lipinski definition) is 4. The number of carbonyl (C=O) groups is 7. The van der Waals surface area contributed by atoms with Crippen molar-refractivity contribution in [2.24, 2.45) is 5.92 Å². The molecule has 1 aromatic carbocycles. The van der Waals surface area contributed by atoms with Gasteiger partial charge in [0.15, 0.2) is 0 Å². The molecule has 0 unspecified atom stereocenters. The highest BCUT2D eigenvalue weighted by Gasteiger charge is 2.62. The molecular formula is C46H65FN6O12S. The molecule has 2 aliphatic carbocycles. The van der Waals surface area contributed by atoms with E-state index in [1.165, 1.54) is 15.9 Å². The number of rotatable bonds is 10. The quantitative estimate of drug-likeness (QED) is 0.144. The fourth-order valence-corrected chi connectivity index (χ4v) is 9.94. The minimum absolute atomic E-state index is 0.0586. The molecule has 6 atom stereocenters. The maximum atomic E-state index is 14.9. The number of fused-ring (bicyclic) bond motifs is 3. The van der Waals surface area contributed by atoms with Crippen LogP contribution in [0.5, 0.6) is 0 Å². The number of nitrogens with one attached hydrogen (secondary N) is 4. The molecule has 0 aromatic heterocycles. The number of amides is 6. The summed E-state index contributed by atoms with van der Waals surface area (Å²) in [5.74, 6) is -4.87. The molecule has 5 aliphatic rings. The highest BCUT2D eigenvalue weighted by atomic mass is 32.2. The van der Waals surface area contributed by atoms with Gasteiger partial charge in [-0.15, -0.1) is 0 Å². The molecule has 1 saturated heterocycles. The molecule has 66 heavy (non-hydrogen) atoms. The lowest BCUT2D eigenvalue weighted by Crippen LogP contribution is -2.59. The minimum Gasteiger partial charge on any atom is -0.460 e. The molecule has 20 heteroatoms. The number of sulfonamides is 1. The van der Waals surface area contributed by atoms with Crippen LogP contribution in [-0.2, 0) is 61.3 Å². The van der Waals surface area contributed by atoms with Gasteiger partial charge in [-0.25, -0.2) is 22.4 Å². The van der Waals surface area contributed by atoms with Crippen LogP contribution in [0.2, 0.25) is 0 Å². The Balaban J connectivity index is 1.28. The lowest BCUT2D eigenvalue weighted by atomic mass is 10.0. The highest BCUT2D eigenvalue weighted by molar-refractivity contribution is 7.91. The second-order valence-electron chi connectivity index (χ2n) is 20.1. The zero-order chi connectivity index (χ0) is 48.2. The Morgan fingerprint density at radius 1 is 0.939 bits per heavy atom. The van der Waals surface area contributed by atoms with Gasteiger partial charge in [-0.1, -0.05) is 50.0 Å². The molecule has 6 rings (SSSR count). The van der Waals surface area contributed by atoms with Gasteiger partial charge in [0.05, 0.1) is 18.3 Å². The molecular weight excluding hydrogens is 880 g/mol. The smallest absolute Gasteiger partial charge is 0.410 e. The van der Waals surface area contributed by atoms with Crippen LogP contribution < -0.4 is 20.7 Å². The molecule has 0 spiro atoms. The number of halogens is 1. The summed E-state index contributed by atoms with van der Waals surface area (Å²) in [7, 11) is -4.00. The standard InChI is InChI=1S/C46H65FN6O12S/c1-44(2,3)64-37(54)22-21-34(49-42(59)65-45(4,5)6)38(55)48-35-18-13-11-9-7-8-10-12-16-29-24-46(29,41(58)51-66(61,62)31-19-20-31)50-39(56)36-23-30(26-53(36)40(35)57)63-43(60)52-25-28-15-14-17-33(47)32(28)27-52/h12,14-17,29-31,34-36H,7-11,13,18-27H2,1-6H3,(H,48,55)(H,49,59)(H,50,56)(H,51,58)/b16-12-/t29-,30-,34-,35+,36+,46-/m1/s1. The van der Waals surface area contributed by atoms with Crippen LogP contribution in [0.1, 0.15) is 136 Å². The Morgan fingerprint density at radius 2 is 1.64 bits per heavy atom. The molecule has 6 amide bonds. The lowest BCUT2D eigenvalue weighted by molar-refractivity contribution is -0.155. The van der Waals surface area contributed by atoms with Gasteiger partial charge in [-0.3, -0.25) is 33.6 Å². The van der Waals surface area contributed by atoms with Crippen molar-refractivity contribution in [3.63, 3.8) is 0 Å². The number of allylic oxidation sites excluding steroid dienone is 1. The summed E-state index contributed by atoms with van der Waals surface area (Å²) in [5.41, 5.74) is -2.45. The molecule has 18 nitrogen and oxygen atoms in total. The summed E-state index contributed by atoms with van der Waals surface area (Å²) in [6.45, 7) is 9.70. The number of nitrogens with zero attached hydrogens (tertiary/aromatic N) is 2. The summed E-state index contributed by atoms with van der Waals surface area (Å²) >= 11 is 0. The van der Waals surface area contributed by atoms with E-state index in [9.17, 15) is 46.4 Å². The Bertz CT molecular complexity index is 2190. The predicted molar refractivity (Wildman–Crippen MR) is 237 cm³/mol. The number of esters is 1. The van der Waals surface area contributed by atoms with Crippen LogP contribution in [0.15, 0.2) is 30.4 Å². The van der Waals surface area contributed by atoms with E-state index in [0.717, 1.165) is 19.3 Å². The summed E-state index contributed by atoms with van der Waals surface area (Å²) in [4.78, 5) is 99.6. The van der Waals surface area contributed by atoms with Crippen molar-refractivity contribution in [2.45, 2.75) is 184 Å². The number of hydrogen-bond acceptors (Lipinski definition) is 12. The van der Waals surface area contributed by atoms with Crippen LogP contribution in [0.4, 0.5) is 14.0 Å². The molecule has 4 N–H and O–H groups in total. The topological polar surface area (TPSA) is 236 Å². The lowest BCUT2D eigenvalue weighted by Gasteiger charge is -2.31. The summed E-state index contributed by atoms with van der Waals surface area (Å²) < 4.78 is 59.5. The van der Waals surface area contributed by atoms with Crippen molar-refractivity contribution in [3.8, 4) is 0 Å². The van der Waals surface area contributed by atoms with E-state index >= 15 is 0 Å². The third-order valence-corrected chi connectivity index (χ3v) is 14.0. The fraction of sp³-hybridized carbons (Fsp3) is 0.674. The third-order valence-electron chi connectivity index (χ3n) is 12.2. The Labute approximate surface area is 385 Å². The first-order valence-electron chi connectivity index (χ1n) is 23.0. The Kier molecular flexibility index (Phi) is 15.4. The zero-order valence-corrected chi connectivity index (χ0v) is 39.6. The third kappa shape index (κ3) is 13.2. The maximum absolute atomic E-state index is 14.9. The molecule has 3 heterocycles. The van der Waals surface area contributed by atoms with Crippen molar-refractivity contribution >= 4 is 51.8 Å². The largest absolute Gasteiger partial charge is 0.460 e. The van der Waals surface area contributed by atoms with Crippen LogP contribution in [0.25, 0.3) is 0 Å². The Morgan fingerprint density at radius 3 is 2.32 bits per heavy atom. The van der Waals surface area contributed by atoms with Crippen LogP contribution in [-0.4, -0.2) is 113 Å². The summed E-state index contributed by atoms with van der Waals surface area (Å²) in [6, 6.07) is 0.525. The monoisotopic (exact) mass is 944 g/mol. The Hall–Kier alpha value is -5.27. The van der Waals surface area contributed by atoms with Gasteiger partial charge in [0, 0.05) is 30.9 Å².